The largest absolute Gasteiger partial charge is 0.268 e. The maximum absolute atomic E-state index is 10.7. The molecule has 0 aromatic heterocycles. The van der Waals surface area contributed by atoms with E-state index in [-0.39, 0.29) is 0 Å². The maximum atomic E-state index is 10.7. The topological polar surface area (TPSA) is 130 Å². The normalized spacial score (nSPS) is 13.6. The molecule has 102 valence electrons. The molecule has 0 bridgehead atoms. The molecule has 0 rings (SSSR count). The van der Waals surface area contributed by atoms with Crippen LogP contribution < -0.4 is 0 Å². The second-order valence-electron chi connectivity index (χ2n) is 3.69. The molecule has 0 aliphatic carbocycles. The molecular weight excluding hydrogens is 278 g/mol. The molecule has 0 unspecified atom stereocenters. The smallest absolute Gasteiger partial charge is 0.264 e. The van der Waals surface area contributed by atoms with Crippen LogP contribution in [0.25, 0.3) is 0 Å². The van der Waals surface area contributed by atoms with Gasteiger partial charge in [0.05, 0.1) is 12.5 Å². The molecule has 0 aliphatic rings. The average Bonchev–Trinajstić information content (AvgIpc) is 2.09. The lowest BCUT2D eigenvalue weighted by Gasteiger charge is -2.19. The summed E-state index contributed by atoms with van der Waals surface area (Å²) in [6, 6.07) is 0. The van der Waals surface area contributed by atoms with Gasteiger partial charge in [0.1, 0.15) is 13.2 Å². The Morgan fingerprint density at radius 1 is 1.06 bits per heavy atom. The summed E-state index contributed by atoms with van der Waals surface area (Å²) in [7, 11) is -7.71. The van der Waals surface area contributed by atoms with Gasteiger partial charge in [-0.1, -0.05) is 0 Å². The van der Waals surface area contributed by atoms with Crippen molar-refractivity contribution >= 4 is 20.2 Å². The summed E-state index contributed by atoms with van der Waals surface area (Å²) >= 11 is 0. The Bertz CT molecular complexity index is 442. The maximum Gasteiger partial charge on any atom is 0.268 e. The van der Waals surface area contributed by atoms with Crippen molar-refractivity contribution in [1.82, 2.24) is 0 Å². The van der Waals surface area contributed by atoms with Crippen molar-refractivity contribution in [3.63, 3.8) is 0 Å². The SMILES string of the molecule is CC(COS(C)(=O)=O)(COS(C)(=O)=O)[N+](=O)[O-]. The lowest BCUT2D eigenvalue weighted by atomic mass is 10.1. The summed E-state index contributed by atoms with van der Waals surface area (Å²) < 4.78 is 51.3. The van der Waals surface area contributed by atoms with Crippen LogP contribution in [0, 0.1) is 10.1 Å². The van der Waals surface area contributed by atoms with E-state index in [0.717, 1.165) is 19.4 Å². The first-order valence-electron chi connectivity index (χ1n) is 4.19. The van der Waals surface area contributed by atoms with Crippen molar-refractivity contribution in [2.45, 2.75) is 12.5 Å². The second kappa shape index (κ2) is 5.25. The van der Waals surface area contributed by atoms with Gasteiger partial charge < -0.3 is 0 Å². The third-order valence-electron chi connectivity index (χ3n) is 1.61. The van der Waals surface area contributed by atoms with Crippen LogP contribution in [-0.4, -0.2) is 53.0 Å². The van der Waals surface area contributed by atoms with E-state index in [9.17, 15) is 26.9 Å². The number of nitro groups is 1. The van der Waals surface area contributed by atoms with Crippen molar-refractivity contribution in [2.75, 3.05) is 25.7 Å². The fourth-order valence-electron chi connectivity index (χ4n) is 0.615. The Balaban J connectivity index is 4.75. The predicted octanol–water partition coefficient (Wildman–Crippen LogP) is -1.03. The summed E-state index contributed by atoms with van der Waals surface area (Å²) in [4.78, 5) is 9.85. The van der Waals surface area contributed by atoms with Gasteiger partial charge in [-0.15, -0.1) is 0 Å². The molecule has 0 atom stereocenters. The zero-order valence-electron chi connectivity index (χ0n) is 9.44. The minimum Gasteiger partial charge on any atom is -0.264 e. The average molecular weight is 291 g/mol. The predicted molar refractivity (Wildman–Crippen MR) is 57.0 cm³/mol. The van der Waals surface area contributed by atoms with Crippen LogP contribution in [0.2, 0.25) is 0 Å². The molecule has 0 saturated carbocycles. The van der Waals surface area contributed by atoms with Crippen LogP contribution >= 0.6 is 0 Å². The standard InChI is InChI=1S/C6H13NO8S2/c1-6(7(8)9,4-14-16(2,10)11)5-15-17(3,12)13/h4-5H2,1-3H3. The van der Waals surface area contributed by atoms with E-state index in [2.05, 4.69) is 8.37 Å². The molecule has 9 nitrogen and oxygen atoms in total. The molecule has 0 aliphatic heterocycles. The molecule has 17 heavy (non-hydrogen) atoms. The number of rotatable bonds is 7. The third-order valence-corrected chi connectivity index (χ3v) is 2.70. The van der Waals surface area contributed by atoms with Crippen molar-refractivity contribution in [1.29, 1.82) is 0 Å². The van der Waals surface area contributed by atoms with Crippen LogP contribution in [0.15, 0.2) is 0 Å². The first kappa shape index (κ1) is 16.2. The van der Waals surface area contributed by atoms with Crippen molar-refractivity contribution < 1.29 is 30.1 Å². The van der Waals surface area contributed by atoms with Crippen molar-refractivity contribution in [3.8, 4) is 0 Å². The fraction of sp³-hybridized carbons (Fsp3) is 1.00. The van der Waals surface area contributed by atoms with Gasteiger partial charge in [0.15, 0.2) is 0 Å². The van der Waals surface area contributed by atoms with E-state index in [1.54, 1.807) is 0 Å². The second-order valence-corrected chi connectivity index (χ2v) is 6.97. The van der Waals surface area contributed by atoms with Gasteiger partial charge in [0, 0.05) is 11.8 Å². The van der Waals surface area contributed by atoms with E-state index < -0.39 is 43.9 Å². The zero-order valence-corrected chi connectivity index (χ0v) is 11.1. The van der Waals surface area contributed by atoms with Gasteiger partial charge in [0.2, 0.25) is 0 Å². The quantitative estimate of drug-likeness (QED) is 0.331. The first-order valence-corrected chi connectivity index (χ1v) is 7.82. The number of hydrogen-bond acceptors (Lipinski definition) is 8. The molecular formula is C6H13NO8S2. The van der Waals surface area contributed by atoms with E-state index in [0.29, 0.717) is 0 Å². The lowest BCUT2D eigenvalue weighted by Crippen LogP contribution is -2.45. The lowest BCUT2D eigenvalue weighted by molar-refractivity contribution is -0.569. The Morgan fingerprint density at radius 2 is 1.35 bits per heavy atom. The van der Waals surface area contributed by atoms with Crippen LogP contribution in [0.5, 0.6) is 0 Å². The van der Waals surface area contributed by atoms with Crippen LogP contribution in [0.4, 0.5) is 0 Å². The van der Waals surface area contributed by atoms with Crippen LogP contribution in [-0.2, 0) is 28.6 Å². The molecule has 0 heterocycles. The highest BCUT2D eigenvalue weighted by Crippen LogP contribution is 2.13. The third kappa shape index (κ3) is 7.20. The molecule has 0 aromatic rings. The van der Waals surface area contributed by atoms with Gasteiger partial charge in [0.25, 0.3) is 25.8 Å². The van der Waals surface area contributed by atoms with Crippen molar-refractivity contribution in [2.24, 2.45) is 0 Å². The van der Waals surface area contributed by atoms with E-state index >= 15 is 0 Å². The molecule has 0 aromatic carbocycles. The Morgan fingerprint density at radius 3 is 1.53 bits per heavy atom. The highest BCUT2D eigenvalue weighted by atomic mass is 32.2. The van der Waals surface area contributed by atoms with Gasteiger partial charge >= 0.3 is 0 Å². The van der Waals surface area contributed by atoms with E-state index in [4.69, 9.17) is 0 Å². The Labute approximate surface area is 99.1 Å². The summed E-state index contributed by atoms with van der Waals surface area (Å²) in [5.41, 5.74) is -1.97. The number of nitrogens with zero attached hydrogens (tertiary/aromatic N) is 1. The van der Waals surface area contributed by atoms with Gasteiger partial charge in [-0.05, 0) is 0 Å². The molecule has 0 radical (unpaired) electrons. The van der Waals surface area contributed by atoms with E-state index in [1.807, 2.05) is 0 Å². The van der Waals surface area contributed by atoms with Crippen LogP contribution in [0.1, 0.15) is 6.92 Å². The molecule has 11 heteroatoms. The van der Waals surface area contributed by atoms with E-state index in [1.165, 1.54) is 0 Å². The molecule has 0 fully saturated rings. The summed E-state index contributed by atoms with van der Waals surface area (Å²) in [5.74, 6) is 0. The Kier molecular flexibility index (Phi) is 5.01. The summed E-state index contributed by atoms with van der Waals surface area (Å²) in [6.07, 6.45) is 1.45. The van der Waals surface area contributed by atoms with Crippen molar-refractivity contribution in [3.05, 3.63) is 10.1 Å². The highest BCUT2D eigenvalue weighted by molar-refractivity contribution is 7.86. The molecule has 0 N–H and O–H groups in total. The van der Waals surface area contributed by atoms with Gasteiger partial charge in [-0.25, -0.2) is 0 Å². The minimum absolute atomic E-state index is 0.727. The molecule has 0 amide bonds. The van der Waals surface area contributed by atoms with Gasteiger partial charge in [-0.3, -0.25) is 18.5 Å². The van der Waals surface area contributed by atoms with Crippen LogP contribution in [0.3, 0.4) is 0 Å². The summed E-state index contributed by atoms with van der Waals surface area (Å²) in [6.45, 7) is -0.605. The highest BCUT2D eigenvalue weighted by Gasteiger charge is 2.40. The first-order chi connectivity index (χ1) is 7.36. The number of hydrogen-bond donors (Lipinski definition) is 0. The van der Waals surface area contributed by atoms with Gasteiger partial charge in [-0.2, -0.15) is 16.8 Å². The zero-order chi connectivity index (χ0) is 13.9. The molecule has 0 spiro atoms. The minimum atomic E-state index is -3.85. The Hall–Kier alpha value is -0.780. The summed E-state index contributed by atoms with van der Waals surface area (Å²) in [5, 5.41) is 10.7. The molecule has 0 saturated heterocycles. The monoisotopic (exact) mass is 291 g/mol. The fourth-order valence-corrected chi connectivity index (χ4v) is 1.55.